The lowest BCUT2D eigenvalue weighted by Gasteiger charge is -2.16. The summed E-state index contributed by atoms with van der Waals surface area (Å²) in [5.41, 5.74) is 0.498. The molecule has 0 spiro atoms. The van der Waals surface area contributed by atoms with Gasteiger partial charge in [0.25, 0.3) is 15.9 Å². The Hall–Kier alpha value is -2.17. The van der Waals surface area contributed by atoms with E-state index in [1.807, 2.05) is 0 Å². The molecule has 1 heterocycles. The molecule has 2 N–H and O–H groups in total. The number of sulfonamides is 1. The number of hydrogen-bond donors (Lipinski definition) is 2. The second-order valence-electron chi connectivity index (χ2n) is 4.81. The number of rotatable bonds is 6. The lowest BCUT2D eigenvalue weighted by atomic mass is 10.1. The topological polar surface area (TPSA) is 115 Å². The predicted molar refractivity (Wildman–Crippen MR) is 91.3 cm³/mol. The Kier molecular flexibility index (Phi) is 5.98. The molecule has 1 atom stereocenters. The van der Waals surface area contributed by atoms with E-state index in [-0.39, 0.29) is 5.76 Å². The zero-order chi connectivity index (χ0) is 18.6. The monoisotopic (exact) mass is 430 g/mol. The van der Waals surface area contributed by atoms with Gasteiger partial charge in [-0.15, -0.1) is 0 Å². The van der Waals surface area contributed by atoms with Crippen molar-refractivity contribution >= 4 is 37.8 Å². The summed E-state index contributed by atoms with van der Waals surface area (Å²) < 4.78 is 35.9. The summed E-state index contributed by atoms with van der Waals surface area (Å²) in [6, 6.07) is 7.99. The van der Waals surface area contributed by atoms with Gasteiger partial charge in [-0.05, 0) is 36.9 Å². The van der Waals surface area contributed by atoms with Crippen molar-refractivity contribution in [2.45, 2.75) is 11.1 Å². The maximum absolute atomic E-state index is 12.3. The van der Waals surface area contributed by atoms with Crippen molar-refractivity contribution in [3.8, 4) is 0 Å². The molecule has 0 fully saturated rings. The number of hydrogen-bond acceptors (Lipinski definition) is 6. The first-order chi connectivity index (χ1) is 11.8. The minimum Gasteiger partial charge on any atom is -0.467 e. The highest BCUT2D eigenvalue weighted by atomic mass is 79.9. The maximum atomic E-state index is 12.3. The molecule has 0 aliphatic carbocycles. The standard InChI is InChI=1S/C15H15BrN2O6S/c1-17-25(21,22)12-8-7-11(24-12)14(19)18-13(15(20)23-2)9-3-5-10(16)6-4-9/h3-8,13,17H,1-2H3,(H,18,19). The summed E-state index contributed by atoms with van der Waals surface area (Å²) in [4.78, 5) is 24.3. The van der Waals surface area contributed by atoms with Gasteiger partial charge in [-0.2, -0.15) is 0 Å². The summed E-state index contributed by atoms with van der Waals surface area (Å²) in [5.74, 6) is -1.68. The quantitative estimate of drug-likeness (QED) is 0.672. The maximum Gasteiger partial charge on any atom is 0.333 e. The van der Waals surface area contributed by atoms with Gasteiger partial charge in [-0.25, -0.2) is 17.9 Å². The van der Waals surface area contributed by atoms with Crippen molar-refractivity contribution < 1.29 is 27.2 Å². The number of ether oxygens (including phenoxy) is 1. The minimum absolute atomic E-state index is 0.250. The molecule has 2 aromatic rings. The lowest BCUT2D eigenvalue weighted by Crippen LogP contribution is -2.34. The predicted octanol–water partition coefficient (Wildman–Crippen LogP) is 1.59. The average molecular weight is 431 g/mol. The normalized spacial score (nSPS) is 12.4. The molecule has 1 aromatic carbocycles. The highest BCUT2D eigenvalue weighted by Gasteiger charge is 2.26. The highest BCUT2D eigenvalue weighted by Crippen LogP contribution is 2.20. The number of carbonyl (C=O) groups excluding carboxylic acids is 2. The molecule has 25 heavy (non-hydrogen) atoms. The van der Waals surface area contributed by atoms with Gasteiger partial charge >= 0.3 is 5.97 Å². The SMILES string of the molecule is CNS(=O)(=O)c1ccc(C(=O)NC(C(=O)OC)c2ccc(Br)cc2)o1. The molecule has 1 aromatic heterocycles. The summed E-state index contributed by atoms with van der Waals surface area (Å²) >= 11 is 3.28. The molecule has 1 unspecified atom stereocenters. The van der Waals surface area contributed by atoms with E-state index >= 15 is 0 Å². The Balaban J connectivity index is 2.26. The molecule has 0 aliphatic rings. The number of amides is 1. The molecular formula is C15H15BrN2O6S. The molecular weight excluding hydrogens is 416 g/mol. The summed E-state index contributed by atoms with van der Waals surface area (Å²) in [5, 5.41) is 2.06. The third-order valence-corrected chi connectivity index (χ3v) is 5.07. The molecule has 0 aliphatic heterocycles. The zero-order valence-electron chi connectivity index (χ0n) is 13.3. The Morgan fingerprint density at radius 1 is 1.16 bits per heavy atom. The first-order valence-corrected chi connectivity index (χ1v) is 9.23. The first-order valence-electron chi connectivity index (χ1n) is 6.96. The van der Waals surface area contributed by atoms with E-state index in [2.05, 4.69) is 26.0 Å². The fourth-order valence-corrected chi connectivity index (χ4v) is 2.85. The fraction of sp³-hybridized carbons (Fsp3) is 0.200. The van der Waals surface area contributed by atoms with Crippen LogP contribution in [0.4, 0.5) is 0 Å². The molecule has 0 saturated carbocycles. The Labute approximate surface area is 152 Å². The van der Waals surface area contributed by atoms with E-state index in [1.165, 1.54) is 20.2 Å². The van der Waals surface area contributed by atoms with E-state index in [9.17, 15) is 18.0 Å². The number of carbonyl (C=O) groups is 2. The number of methoxy groups -OCH3 is 1. The second kappa shape index (κ2) is 7.81. The van der Waals surface area contributed by atoms with Crippen LogP contribution in [0.3, 0.4) is 0 Å². The van der Waals surface area contributed by atoms with Crippen LogP contribution in [-0.4, -0.2) is 34.5 Å². The molecule has 0 bridgehead atoms. The Morgan fingerprint density at radius 3 is 2.36 bits per heavy atom. The van der Waals surface area contributed by atoms with Crippen molar-refractivity contribution in [1.29, 1.82) is 0 Å². The molecule has 134 valence electrons. The van der Waals surface area contributed by atoms with Gasteiger partial charge < -0.3 is 14.5 Å². The zero-order valence-corrected chi connectivity index (χ0v) is 15.7. The van der Waals surface area contributed by atoms with Gasteiger partial charge in [0.15, 0.2) is 11.8 Å². The van der Waals surface area contributed by atoms with Gasteiger partial charge in [0.1, 0.15) is 0 Å². The van der Waals surface area contributed by atoms with Gasteiger partial charge in [0.2, 0.25) is 5.09 Å². The molecule has 1 amide bonds. The minimum atomic E-state index is -3.81. The van der Waals surface area contributed by atoms with E-state index in [4.69, 9.17) is 9.15 Å². The van der Waals surface area contributed by atoms with Gasteiger partial charge in [0, 0.05) is 4.47 Å². The van der Waals surface area contributed by atoms with Crippen LogP contribution >= 0.6 is 15.9 Å². The molecule has 0 radical (unpaired) electrons. The molecule has 10 heteroatoms. The van der Waals surface area contributed by atoms with Crippen LogP contribution in [0.15, 0.2) is 50.4 Å². The van der Waals surface area contributed by atoms with Crippen LogP contribution in [-0.2, 0) is 19.6 Å². The number of esters is 1. The van der Waals surface area contributed by atoms with Crippen molar-refractivity contribution in [2.75, 3.05) is 14.2 Å². The summed E-state index contributed by atoms with van der Waals surface area (Å²) in [6.07, 6.45) is 0. The number of nitrogens with one attached hydrogen (secondary N) is 2. The van der Waals surface area contributed by atoms with Crippen LogP contribution < -0.4 is 10.0 Å². The van der Waals surface area contributed by atoms with Gasteiger partial charge in [-0.1, -0.05) is 28.1 Å². The van der Waals surface area contributed by atoms with Crippen LogP contribution in [0.25, 0.3) is 0 Å². The third kappa shape index (κ3) is 4.47. The largest absolute Gasteiger partial charge is 0.467 e. The van der Waals surface area contributed by atoms with E-state index in [0.29, 0.717) is 5.56 Å². The summed E-state index contributed by atoms with van der Waals surface area (Å²) in [6.45, 7) is 0. The lowest BCUT2D eigenvalue weighted by molar-refractivity contribution is -0.143. The molecule has 8 nitrogen and oxygen atoms in total. The van der Waals surface area contributed by atoms with E-state index < -0.39 is 33.0 Å². The number of furan rings is 1. The second-order valence-corrected chi connectivity index (χ2v) is 7.54. The van der Waals surface area contributed by atoms with Crippen molar-refractivity contribution in [2.24, 2.45) is 0 Å². The van der Waals surface area contributed by atoms with Crippen molar-refractivity contribution in [3.63, 3.8) is 0 Å². The Morgan fingerprint density at radius 2 is 1.80 bits per heavy atom. The molecule has 0 saturated heterocycles. The number of halogens is 1. The van der Waals surface area contributed by atoms with Crippen LogP contribution in [0, 0.1) is 0 Å². The number of benzene rings is 1. The van der Waals surface area contributed by atoms with E-state index in [0.717, 1.165) is 10.5 Å². The van der Waals surface area contributed by atoms with Crippen LogP contribution in [0.1, 0.15) is 22.2 Å². The Bertz CT molecular complexity index is 876. The van der Waals surface area contributed by atoms with Gasteiger partial charge in [-0.3, -0.25) is 4.79 Å². The molecule has 2 rings (SSSR count). The van der Waals surface area contributed by atoms with Gasteiger partial charge in [0.05, 0.1) is 7.11 Å². The van der Waals surface area contributed by atoms with Crippen LogP contribution in [0.2, 0.25) is 0 Å². The van der Waals surface area contributed by atoms with Crippen LogP contribution in [0.5, 0.6) is 0 Å². The average Bonchev–Trinajstić information content (AvgIpc) is 3.11. The fourth-order valence-electron chi connectivity index (χ4n) is 1.94. The highest BCUT2D eigenvalue weighted by molar-refractivity contribution is 9.10. The first kappa shape index (κ1) is 19.2. The van der Waals surface area contributed by atoms with E-state index in [1.54, 1.807) is 24.3 Å². The van der Waals surface area contributed by atoms with Crippen molar-refractivity contribution in [1.82, 2.24) is 10.0 Å². The van der Waals surface area contributed by atoms with Crippen molar-refractivity contribution in [3.05, 3.63) is 52.2 Å². The third-order valence-electron chi connectivity index (χ3n) is 3.25. The smallest absolute Gasteiger partial charge is 0.333 e. The summed E-state index contributed by atoms with van der Waals surface area (Å²) in [7, 11) is -1.39.